The number of carbonyl (C=O) groups is 1. The van der Waals surface area contributed by atoms with Crippen molar-refractivity contribution in [2.75, 3.05) is 22.9 Å². The van der Waals surface area contributed by atoms with Gasteiger partial charge in [-0.25, -0.2) is 9.18 Å². The summed E-state index contributed by atoms with van der Waals surface area (Å²) in [6.45, 7) is 4.77. The Morgan fingerprint density at radius 1 is 0.974 bits per heavy atom. The lowest BCUT2D eigenvalue weighted by atomic mass is 9.97. The van der Waals surface area contributed by atoms with Gasteiger partial charge in [-0.2, -0.15) is 18.3 Å². The number of fused-ring (bicyclic) bond motifs is 1. The molecule has 3 heterocycles. The highest BCUT2D eigenvalue weighted by atomic mass is 19.4. The standard InChI is InChI=1S/C29H31F4N5O/c1-18-6-5-9-24(30)27(18)35-14-12-22(13-15-35)38-19(2)26-25(17-37(34-26)21-10-11-21)36(28(38)39)16-20-7-3-4-8-23(20)29(31,32)33/h3-9,17,19,21-22H,10-16H2,1-2H3/t19-/m1/s1. The zero-order chi connectivity index (χ0) is 27.5. The molecule has 39 heavy (non-hydrogen) atoms. The summed E-state index contributed by atoms with van der Waals surface area (Å²) >= 11 is 0. The van der Waals surface area contributed by atoms with Gasteiger partial charge < -0.3 is 9.80 Å². The van der Waals surface area contributed by atoms with E-state index < -0.39 is 11.7 Å². The van der Waals surface area contributed by atoms with Crippen LogP contribution in [0.3, 0.4) is 0 Å². The van der Waals surface area contributed by atoms with E-state index in [-0.39, 0.29) is 42.1 Å². The monoisotopic (exact) mass is 541 g/mol. The molecule has 1 aliphatic carbocycles. The van der Waals surface area contributed by atoms with Crippen LogP contribution in [0.1, 0.15) is 67.1 Å². The van der Waals surface area contributed by atoms with Crippen LogP contribution >= 0.6 is 0 Å². The highest BCUT2D eigenvalue weighted by molar-refractivity contribution is 5.95. The fraction of sp³-hybridized carbons (Fsp3) is 0.448. The van der Waals surface area contributed by atoms with E-state index in [9.17, 15) is 22.4 Å². The number of aromatic nitrogens is 2. The Kier molecular flexibility index (Phi) is 6.31. The van der Waals surface area contributed by atoms with E-state index in [2.05, 4.69) is 0 Å². The first kappa shape index (κ1) is 25.7. The van der Waals surface area contributed by atoms with Gasteiger partial charge in [0.25, 0.3) is 0 Å². The van der Waals surface area contributed by atoms with Gasteiger partial charge in [0, 0.05) is 25.3 Å². The first-order chi connectivity index (χ1) is 18.6. The van der Waals surface area contributed by atoms with Crippen molar-refractivity contribution in [1.29, 1.82) is 0 Å². The molecule has 0 radical (unpaired) electrons. The zero-order valence-electron chi connectivity index (χ0n) is 22.0. The summed E-state index contributed by atoms with van der Waals surface area (Å²) in [4.78, 5) is 19.3. The lowest BCUT2D eigenvalue weighted by molar-refractivity contribution is -0.138. The van der Waals surface area contributed by atoms with E-state index in [1.807, 2.05) is 35.7 Å². The second kappa shape index (κ2) is 9.57. The number of hydrogen-bond donors (Lipinski definition) is 0. The first-order valence-corrected chi connectivity index (χ1v) is 13.5. The van der Waals surface area contributed by atoms with Crippen LogP contribution in [0, 0.1) is 12.7 Å². The summed E-state index contributed by atoms with van der Waals surface area (Å²) in [5, 5.41) is 4.82. The van der Waals surface area contributed by atoms with Crippen molar-refractivity contribution in [2.24, 2.45) is 0 Å². The fourth-order valence-electron chi connectivity index (χ4n) is 6.09. The molecule has 1 saturated carbocycles. The molecule has 3 aromatic rings. The highest BCUT2D eigenvalue weighted by Gasteiger charge is 2.44. The SMILES string of the molecule is Cc1cccc(F)c1N1CCC(N2C(=O)N(Cc3ccccc3C(F)(F)F)c3cn(C4CC4)nc3[C@H]2C)CC1. The predicted molar refractivity (Wildman–Crippen MR) is 140 cm³/mol. The largest absolute Gasteiger partial charge is 0.416 e. The number of piperidine rings is 1. The van der Waals surface area contributed by atoms with Gasteiger partial charge in [0.05, 0.1) is 35.6 Å². The molecule has 1 saturated heterocycles. The third kappa shape index (κ3) is 4.63. The van der Waals surface area contributed by atoms with Crippen LogP contribution in [0.5, 0.6) is 0 Å². The van der Waals surface area contributed by atoms with Crippen LogP contribution < -0.4 is 9.80 Å². The van der Waals surface area contributed by atoms with E-state index in [0.717, 1.165) is 24.5 Å². The number of aryl methyl sites for hydroxylation is 1. The third-order valence-corrected chi connectivity index (χ3v) is 8.23. The van der Waals surface area contributed by atoms with Gasteiger partial charge in [-0.1, -0.05) is 30.3 Å². The Balaban J connectivity index is 1.31. The maximum absolute atomic E-state index is 14.6. The van der Waals surface area contributed by atoms with Crippen molar-refractivity contribution in [3.63, 3.8) is 0 Å². The second-order valence-corrected chi connectivity index (χ2v) is 10.8. The zero-order valence-corrected chi connectivity index (χ0v) is 22.0. The van der Waals surface area contributed by atoms with Crippen LogP contribution in [-0.4, -0.2) is 39.8 Å². The molecule has 6 nitrogen and oxygen atoms in total. The Morgan fingerprint density at radius 2 is 1.69 bits per heavy atom. The highest BCUT2D eigenvalue weighted by Crippen LogP contribution is 2.44. The van der Waals surface area contributed by atoms with Gasteiger partial charge >= 0.3 is 12.2 Å². The molecule has 0 bridgehead atoms. The van der Waals surface area contributed by atoms with E-state index in [4.69, 9.17) is 5.10 Å². The van der Waals surface area contributed by atoms with Crippen molar-refractivity contribution in [1.82, 2.24) is 14.7 Å². The molecule has 3 aliphatic rings. The van der Waals surface area contributed by atoms with Crippen LogP contribution in [0.25, 0.3) is 0 Å². The molecule has 2 aromatic carbocycles. The summed E-state index contributed by atoms with van der Waals surface area (Å²) in [5.74, 6) is -0.263. The van der Waals surface area contributed by atoms with Gasteiger partial charge in [-0.15, -0.1) is 0 Å². The Bertz CT molecular complexity index is 1370. The fourth-order valence-corrected chi connectivity index (χ4v) is 6.09. The number of urea groups is 1. The van der Waals surface area contributed by atoms with E-state index in [1.54, 1.807) is 17.0 Å². The molecular formula is C29H31F4N5O. The topological polar surface area (TPSA) is 44.6 Å². The molecule has 2 fully saturated rings. The minimum absolute atomic E-state index is 0.0443. The van der Waals surface area contributed by atoms with E-state index in [0.29, 0.717) is 43.0 Å². The lowest BCUT2D eigenvalue weighted by Crippen LogP contribution is -2.55. The number of benzene rings is 2. The molecule has 2 amide bonds. The molecule has 1 aromatic heterocycles. The Morgan fingerprint density at radius 3 is 2.36 bits per heavy atom. The maximum atomic E-state index is 14.6. The number of hydrogen-bond acceptors (Lipinski definition) is 3. The average Bonchev–Trinajstić information content (AvgIpc) is 3.65. The molecule has 2 aliphatic heterocycles. The summed E-state index contributed by atoms with van der Waals surface area (Å²) in [6.07, 6.45) is 0.527. The van der Waals surface area contributed by atoms with E-state index >= 15 is 0 Å². The normalized spacial score (nSPS) is 20.5. The van der Waals surface area contributed by atoms with Gasteiger partial charge in [0.2, 0.25) is 0 Å². The van der Waals surface area contributed by atoms with Crippen molar-refractivity contribution in [2.45, 2.75) is 70.4 Å². The summed E-state index contributed by atoms with van der Waals surface area (Å²) in [6, 6.07) is 9.93. The summed E-state index contributed by atoms with van der Waals surface area (Å²) in [5.41, 5.74) is 2.03. The molecular weight excluding hydrogens is 510 g/mol. The molecule has 1 atom stereocenters. The quantitative estimate of drug-likeness (QED) is 0.332. The van der Waals surface area contributed by atoms with Gasteiger partial charge in [0.15, 0.2) is 0 Å². The third-order valence-electron chi connectivity index (χ3n) is 8.23. The Hall–Kier alpha value is -3.56. The number of para-hydroxylation sites is 1. The molecule has 10 heteroatoms. The minimum atomic E-state index is -4.53. The van der Waals surface area contributed by atoms with Crippen molar-refractivity contribution >= 4 is 17.4 Å². The number of alkyl halides is 3. The molecule has 0 unspecified atom stereocenters. The number of amides is 2. The van der Waals surface area contributed by atoms with E-state index in [1.165, 1.54) is 23.1 Å². The molecule has 6 rings (SSSR count). The van der Waals surface area contributed by atoms with Gasteiger partial charge in [-0.05, 0) is 62.8 Å². The van der Waals surface area contributed by atoms with Gasteiger partial charge in [0.1, 0.15) is 11.5 Å². The second-order valence-electron chi connectivity index (χ2n) is 10.8. The lowest BCUT2D eigenvalue weighted by Gasteiger charge is -2.46. The number of halogens is 4. The number of rotatable bonds is 5. The predicted octanol–water partition coefficient (Wildman–Crippen LogP) is 6.86. The average molecular weight is 542 g/mol. The summed E-state index contributed by atoms with van der Waals surface area (Å²) in [7, 11) is 0. The maximum Gasteiger partial charge on any atom is 0.416 e. The molecule has 206 valence electrons. The Labute approximate surface area is 224 Å². The van der Waals surface area contributed by atoms with Crippen molar-refractivity contribution in [3.05, 3.63) is 76.9 Å². The summed E-state index contributed by atoms with van der Waals surface area (Å²) < 4.78 is 57.9. The van der Waals surface area contributed by atoms with Crippen molar-refractivity contribution < 1.29 is 22.4 Å². The number of carbonyl (C=O) groups excluding carboxylic acids is 1. The smallest absolute Gasteiger partial charge is 0.369 e. The van der Waals surface area contributed by atoms with Crippen LogP contribution in [-0.2, 0) is 12.7 Å². The van der Waals surface area contributed by atoms with Crippen LogP contribution in [0.15, 0.2) is 48.7 Å². The van der Waals surface area contributed by atoms with Gasteiger partial charge in [-0.3, -0.25) is 9.58 Å². The molecule has 0 N–H and O–H groups in total. The van der Waals surface area contributed by atoms with Crippen LogP contribution in [0.2, 0.25) is 0 Å². The first-order valence-electron chi connectivity index (χ1n) is 13.5. The minimum Gasteiger partial charge on any atom is -0.369 e. The molecule has 0 spiro atoms. The number of anilines is 2. The number of nitrogens with zero attached hydrogens (tertiary/aromatic N) is 5. The van der Waals surface area contributed by atoms with Crippen molar-refractivity contribution in [3.8, 4) is 0 Å². The van der Waals surface area contributed by atoms with Crippen LogP contribution in [0.4, 0.5) is 33.7 Å².